The molecule has 8 nitrogen and oxygen atoms in total. The minimum absolute atomic E-state index is 0.00896. The Balaban J connectivity index is 1.46. The quantitative estimate of drug-likeness (QED) is 0.0339. The molecule has 4 aromatic rings. The van der Waals surface area contributed by atoms with Gasteiger partial charge >= 0.3 is 5.91 Å². The number of aryl methyl sites for hydroxylation is 1. The monoisotopic (exact) mass is 657 g/mol. The third-order valence-corrected chi connectivity index (χ3v) is 9.76. The number of benzene rings is 3. The fourth-order valence-corrected chi connectivity index (χ4v) is 6.84. The summed E-state index contributed by atoms with van der Waals surface area (Å²) in [5.41, 5.74) is 3.38. The molecule has 1 aliphatic heterocycles. The van der Waals surface area contributed by atoms with Crippen LogP contribution in [0.15, 0.2) is 82.7 Å². The van der Waals surface area contributed by atoms with Crippen LogP contribution in [0, 0.1) is 6.92 Å². The Morgan fingerprint density at radius 1 is 0.848 bits per heavy atom. The van der Waals surface area contributed by atoms with E-state index in [1.807, 2.05) is 31.2 Å². The van der Waals surface area contributed by atoms with Crippen LogP contribution in [0.25, 0.3) is 5.76 Å². The number of thioether (sulfide) groups is 1. The van der Waals surface area contributed by atoms with Crippen LogP contribution >= 0.6 is 23.1 Å². The van der Waals surface area contributed by atoms with E-state index in [0.29, 0.717) is 45.9 Å². The normalized spacial score (nSPS) is 15.8. The number of rotatable bonds is 15. The highest BCUT2D eigenvalue weighted by Crippen LogP contribution is 2.44. The van der Waals surface area contributed by atoms with Crippen molar-refractivity contribution < 1.29 is 24.2 Å². The lowest BCUT2D eigenvalue weighted by Crippen LogP contribution is -2.29. The average Bonchev–Trinajstić information content (AvgIpc) is 3.65. The van der Waals surface area contributed by atoms with Gasteiger partial charge in [-0.05, 0) is 67.3 Å². The number of unbranched alkanes of at least 4 members (excludes halogenated alkanes) is 3. The fraction of sp³-hybridized carbons (Fsp3) is 0.333. The molecule has 0 radical (unpaired) electrons. The van der Waals surface area contributed by atoms with Crippen LogP contribution in [-0.4, -0.2) is 40.2 Å². The molecule has 1 N–H and O–H groups in total. The van der Waals surface area contributed by atoms with E-state index in [1.165, 1.54) is 33.6 Å². The number of amides is 1. The highest BCUT2D eigenvalue weighted by Gasteiger charge is 2.48. The minimum Gasteiger partial charge on any atom is -0.507 e. The van der Waals surface area contributed by atoms with Crippen molar-refractivity contribution in [2.75, 3.05) is 18.1 Å². The summed E-state index contributed by atoms with van der Waals surface area (Å²) in [6.45, 7) is 7.49. The molecule has 240 valence electrons. The standard InChI is InChI=1S/C36H39N3O5S2/c1-4-6-8-22-44-28-17-13-26(14-18-28)31-30(32(40)27-15-19-29(20-16-27)43-21-7-5-2)33(41)34(42)39(31)35-37-38-36(46-35)45-23-25-11-9-24(3)10-12-25/h9-20,31,40H,4-8,21-23H2,1-3H3/b32-30+. The number of nitrogens with zero attached hydrogens (tertiary/aromatic N) is 3. The third kappa shape index (κ3) is 7.97. The van der Waals surface area contributed by atoms with Crippen LogP contribution in [0.3, 0.4) is 0 Å². The van der Waals surface area contributed by atoms with Crippen LogP contribution in [0.1, 0.15) is 74.2 Å². The average molecular weight is 658 g/mol. The van der Waals surface area contributed by atoms with Crippen molar-refractivity contribution >= 4 is 45.7 Å². The lowest BCUT2D eigenvalue weighted by atomic mass is 9.95. The third-order valence-electron chi connectivity index (χ3n) is 7.64. The summed E-state index contributed by atoms with van der Waals surface area (Å²) in [4.78, 5) is 28.6. The van der Waals surface area contributed by atoms with Gasteiger partial charge in [0.25, 0.3) is 5.78 Å². The molecule has 1 aromatic heterocycles. The van der Waals surface area contributed by atoms with E-state index in [9.17, 15) is 14.7 Å². The SMILES string of the molecule is CCCCCOc1ccc(C2/C(=C(\O)c3ccc(OCCCC)cc3)C(=O)C(=O)N2c2nnc(SCc3ccc(C)cc3)s2)cc1. The van der Waals surface area contributed by atoms with E-state index < -0.39 is 17.7 Å². The molecule has 5 rings (SSSR count). The largest absolute Gasteiger partial charge is 0.507 e. The molecule has 1 saturated heterocycles. The number of carbonyl (C=O) groups excluding carboxylic acids is 2. The number of aliphatic hydroxyl groups excluding tert-OH is 1. The predicted octanol–water partition coefficient (Wildman–Crippen LogP) is 8.51. The van der Waals surface area contributed by atoms with Gasteiger partial charge in [-0.3, -0.25) is 14.5 Å². The first kappa shape index (κ1) is 33.2. The number of aliphatic hydroxyl groups is 1. The molecule has 2 heterocycles. The summed E-state index contributed by atoms with van der Waals surface area (Å²) in [6.07, 6.45) is 5.11. The molecule has 3 aromatic carbocycles. The Kier molecular flexibility index (Phi) is 11.5. The smallest absolute Gasteiger partial charge is 0.301 e. The van der Waals surface area contributed by atoms with Crippen LogP contribution in [0.4, 0.5) is 5.13 Å². The molecular formula is C36H39N3O5S2. The van der Waals surface area contributed by atoms with Crippen molar-refractivity contribution in [1.29, 1.82) is 0 Å². The highest BCUT2D eigenvalue weighted by atomic mass is 32.2. The first-order chi connectivity index (χ1) is 22.4. The first-order valence-electron chi connectivity index (χ1n) is 15.7. The molecule has 46 heavy (non-hydrogen) atoms. The maximum atomic E-state index is 13.6. The van der Waals surface area contributed by atoms with E-state index in [2.05, 4.69) is 48.3 Å². The zero-order valence-electron chi connectivity index (χ0n) is 26.4. The number of Topliss-reactive ketones (excluding diaryl/α,β-unsaturated/α-hetero) is 1. The molecule has 10 heteroatoms. The van der Waals surface area contributed by atoms with Gasteiger partial charge in [-0.15, -0.1) is 10.2 Å². The highest BCUT2D eigenvalue weighted by molar-refractivity contribution is 8.00. The van der Waals surface area contributed by atoms with Gasteiger partial charge in [-0.2, -0.15) is 0 Å². The summed E-state index contributed by atoms with van der Waals surface area (Å²) in [5.74, 6) is 0.244. The summed E-state index contributed by atoms with van der Waals surface area (Å²) < 4.78 is 12.3. The zero-order chi connectivity index (χ0) is 32.5. The van der Waals surface area contributed by atoms with Crippen molar-refractivity contribution in [1.82, 2.24) is 10.2 Å². The summed E-state index contributed by atoms with van der Waals surface area (Å²) >= 11 is 2.76. The summed E-state index contributed by atoms with van der Waals surface area (Å²) in [5, 5.41) is 20.5. The maximum absolute atomic E-state index is 13.6. The van der Waals surface area contributed by atoms with Crippen molar-refractivity contribution in [3.63, 3.8) is 0 Å². The van der Waals surface area contributed by atoms with Crippen LogP contribution in [0.5, 0.6) is 11.5 Å². The van der Waals surface area contributed by atoms with Crippen LogP contribution in [-0.2, 0) is 15.3 Å². The Morgan fingerprint density at radius 2 is 1.48 bits per heavy atom. The Morgan fingerprint density at radius 3 is 2.13 bits per heavy atom. The van der Waals surface area contributed by atoms with Crippen LogP contribution < -0.4 is 14.4 Å². The second kappa shape index (κ2) is 15.9. The van der Waals surface area contributed by atoms with Gasteiger partial charge in [0.2, 0.25) is 5.13 Å². The van der Waals surface area contributed by atoms with Crippen molar-refractivity contribution in [2.24, 2.45) is 0 Å². The lowest BCUT2D eigenvalue weighted by molar-refractivity contribution is -0.132. The fourth-order valence-electron chi connectivity index (χ4n) is 5.02. The van der Waals surface area contributed by atoms with Gasteiger partial charge in [0.1, 0.15) is 17.3 Å². The molecule has 1 unspecified atom stereocenters. The summed E-state index contributed by atoms with van der Waals surface area (Å²) in [7, 11) is 0. The Hall–Kier alpha value is -4.15. The molecular weight excluding hydrogens is 619 g/mol. The Bertz CT molecular complexity index is 1650. The predicted molar refractivity (Wildman–Crippen MR) is 184 cm³/mol. The first-order valence-corrected chi connectivity index (χ1v) is 17.5. The van der Waals surface area contributed by atoms with E-state index in [-0.39, 0.29) is 16.5 Å². The van der Waals surface area contributed by atoms with E-state index in [1.54, 1.807) is 24.3 Å². The minimum atomic E-state index is -0.905. The van der Waals surface area contributed by atoms with Crippen molar-refractivity contribution in [3.8, 4) is 11.5 Å². The zero-order valence-corrected chi connectivity index (χ0v) is 28.0. The van der Waals surface area contributed by atoms with Gasteiger partial charge in [-0.25, -0.2) is 0 Å². The van der Waals surface area contributed by atoms with Crippen LogP contribution in [0.2, 0.25) is 0 Å². The van der Waals surface area contributed by atoms with E-state index in [4.69, 9.17) is 9.47 Å². The van der Waals surface area contributed by atoms with Crippen molar-refractivity contribution in [3.05, 3.63) is 101 Å². The molecule has 0 spiro atoms. The topological polar surface area (TPSA) is 102 Å². The van der Waals surface area contributed by atoms with Gasteiger partial charge in [-0.1, -0.05) is 98.2 Å². The second-order valence-corrected chi connectivity index (χ2v) is 13.3. The number of hydrogen-bond acceptors (Lipinski definition) is 9. The number of ketones is 1. The van der Waals surface area contributed by atoms with Gasteiger partial charge in [0.05, 0.1) is 24.8 Å². The molecule has 0 bridgehead atoms. The molecule has 1 aliphatic rings. The van der Waals surface area contributed by atoms with Gasteiger partial charge in [0.15, 0.2) is 4.34 Å². The van der Waals surface area contributed by atoms with Gasteiger partial charge in [0, 0.05) is 11.3 Å². The van der Waals surface area contributed by atoms with E-state index >= 15 is 0 Å². The summed E-state index contributed by atoms with van der Waals surface area (Å²) in [6, 6.07) is 21.6. The number of carbonyl (C=O) groups is 2. The molecule has 0 saturated carbocycles. The lowest BCUT2D eigenvalue weighted by Gasteiger charge is -2.22. The number of anilines is 1. The molecule has 1 atom stereocenters. The molecule has 1 amide bonds. The number of aromatic nitrogens is 2. The van der Waals surface area contributed by atoms with Gasteiger partial charge < -0.3 is 14.6 Å². The van der Waals surface area contributed by atoms with Crippen molar-refractivity contribution in [2.45, 2.75) is 69.0 Å². The number of hydrogen-bond donors (Lipinski definition) is 1. The van der Waals surface area contributed by atoms with E-state index in [0.717, 1.165) is 37.7 Å². The second-order valence-electron chi connectivity index (χ2n) is 11.1. The number of ether oxygens (including phenoxy) is 2. The molecule has 1 fully saturated rings. The maximum Gasteiger partial charge on any atom is 0.301 e. The molecule has 0 aliphatic carbocycles. The Labute approximate surface area is 278 Å².